The average Bonchev–Trinajstić information content (AvgIpc) is 2.42. The molecule has 1 amide bonds. The first-order chi connectivity index (χ1) is 9.22. The molecule has 0 spiro atoms. The molecular formula is C15H23NO3. The third-order valence-corrected chi connectivity index (χ3v) is 2.75. The zero-order valence-corrected chi connectivity index (χ0v) is 11.5. The van der Waals surface area contributed by atoms with E-state index in [2.05, 4.69) is 5.32 Å². The Morgan fingerprint density at radius 2 is 2.11 bits per heavy atom. The van der Waals surface area contributed by atoms with E-state index >= 15 is 0 Å². The van der Waals surface area contributed by atoms with Crippen LogP contribution in [0.25, 0.3) is 0 Å². The lowest BCUT2D eigenvalue weighted by Gasteiger charge is -2.12. The van der Waals surface area contributed by atoms with Crippen LogP contribution in [0.2, 0.25) is 0 Å². The van der Waals surface area contributed by atoms with Crippen LogP contribution in [0.15, 0.2) is 30.3 Å². The monoisotopic (exact) mass is 265 g/mol. The maximum absolute atomic E-state index is 11.5. The highest BCUT2D eigenvalue weighted by Crippen LogP contribution is 2.02. The molecule has 0 aliphatic heterocycles. The van der Waals surface area contributed by atoms with Crippen LogP contribution in [-0.2, 0) is 16.0 Å². The Hall–Kier alpha value is -1.39. The first kappa shape index (κ1) is 15.7. The molecule has 0 aliphatic rings. The fourth-order valence-electron chi connectivity index (χ4n) is 1.76. The molecular weight excluding hydrogens is 242 g/mol. The van der Waals surface area contributed by atoms with Crippen LogP contribution in [0, 0.1) is 0 Å². The number of aliphatic hydroxyl groups is 1. The quantitative estimate of drug-likeness (QED) is 0.666. The SMILES string of the molecule is CCOCCCC(=O)NCC(O)Cc1ccccc1. The van der Waals surface area contributed by atoms with E-state index in [1.807, 2.05) is 37.3 Å². The second-order valence-electron chi connectivity index (χ2n) is 4.45. The Bertz CT molecular complexity index is 354. The van der Waals surface area contributed by atoms with Crippen molar-refractivity contribution in [3.8, 4) is 0 Å². The van der Waals surface area contributed by atoms with E-state index in [9.17, 15) is 9.90 Å². The minimum Gasteiger partial charge on any atom is -0.391 e. The van der Waals surface area contributed by atoms with Crippen LogP contribution in [0.4, 0.5) is 0 Å². The summed E-state index contributed by atoms with van der Waals surface area (Å²) < 4.78 is 5.16. The van der Waals surface area contributed by atoms with Gasteiger partial charge in [-0.25, -0.2) is 0 Å². The van der Waals surface area contributed by atoms with E-state index in [-0.39, 0.29) is 5.91 Å². The number of ether oxygens (including phenoxy) is 1. The number of benzene rings is 1. The Morgan fingerprint density at radius 1 is 1.37 bits per heavy atom. The highest BCUT2D eigenvalue weighted by Gasteiger charge is 2.07. The van der Waals surface area contributed by atoms with E-state index in [1.54, 1.807) is 0 Å². The van der Waals surface area contributed by atoms with Crippen molar-refractivity contribution in [2.75, 3.05) is 19.8 Å². The molecule has 0 radical (unpaired) electrons. The van der Waals surface area contributed by atoms with Crippen molar-refractivity contribution >= 4 is 5.91 Å². The fraction of sp³-hybridized carbons (Fsp3) is 0.533. The number of aliphatic hydroxyl groups excluding tert-OH is 1. The molecule has 4 heteroatoms. The van der Waals surface area contributed by atoms with Crippen molar-refractivity contribution in [3.05, 3.63) is 35.9 Å². The van der Waals surface area contributed by atoms with Crippen LogP contribution < -0.4 is 5.32 Å². The summed E-state index contributed by atoms with van der Waals surface area (Å²) in [4.78, 5) is 11.5. The lowest BCUT2D eigenvalue weighted by atomic mass is 10.1. The van der Waals surface area contributed by atoms with Crippen molar-refractivity contribution in [3.63, 3.8) is 0 Å². The fourth-order valence-corrected chi connectivity index (χ4v) is 1.76. The predicted octanol–water partition coefficient (Wildman–Crippen LogP) is 1.52. The van der Waals surface area contributed by atoms with Crippen LogP contribution in [0.1, 0.15) is 25.3 Å². The highest BCUT2D eigenvalue weighted by atomic mass is 16.5. The van der Waals surface area contributed by atoms with Gasteiger partial charge in [-0.1, -0.05) is 30.3 Å². The van der Waals surface area contributed by atoms with Gasteiger partial charge in [-0.05, 0) is 18.9 Å². The number of carbonyl (C=O) groups excluding carboxylic acids is 1. The molecule has 0 fully saturated rings. The maximum Gasteiger partial charge on any atom is 0.220 e. The van der Waals surface area contributed by atoms with Gasteiger partial charge < -0.3 is 15.2 Å². The maximum atomic E-state index is 11.5. The van der Waals surface area contributed by atoms with Gasteiger partial charge in [-0.15, -0.1) is 0 Å². The first-order valence-corrected chi connectivity index (χ1v) is 6.78. The minimum atomic E-state index is -0.543. The summed E-state index contributed by atoms with van der Waals surface area (Å²) in [6, 6.07) is 9.75. The summed E-state index contributed by atoms with van der Waals surface area (Å²) in [5.41, 5.74) is 1.07. The molecule has 106 valence electrons. The molecule has 1 aromatic carbocycles. The summed E-state index contributed by atoms with van der Waals surface area (Å²) in [5, 5.41) is 12.6. The smallest absolute Gasteiger partial charge is 0.220 e. The lowest BCUT2D eigenvalue weighted by Crippen LogP contribution is -2.33. The average molecular weight is 265 g/mol. The van der Waals surface area contributed by atoms with Crippen molar-refractivity contribution in [1.29, 1.82) is 0 Å². The molecule has 2 N–H and O–H groups in total. The third kappa shape index (κ3) is 7.59. The van der Waals surface area contributed by atoms with Gasteiger partial charge in [-0.3, -0.25) is 4.79 Å². The van der Waals surface area contributed by atoms with E-state index < -0.39 is 6.10 Å². The van der Waals surface area contributed by atoms with E-state index in [0.29, 0.717) is 39.0 Å². The van der Waals surface area contributed by atoms with Crippen molar-refractivity contribution < 1.29 is 14.6 Å². The largest absolute Gasteiger partial charge is 0.391 e. The molecule has 1 rings (SSSR count). The summed E-state index contributed by atoms with van der Waals surface area (Å²) in [6.45, 7) is 3.51. The third-order valence-electron chi connectivity index (χ3n) is 2.75. The number of nitrogens with one attached hydrogen (secondary N) is 1. The summed E-state index contributed by atoms with van der Waals surface area (Å²) in [5.74, 6) is -0.0354. The Labute approximate surface area is 114 Å². The van der Waals surface area contributed by atoms with Gasteiger partial charge in [0.2, 0.25) is 5.91 Å². The van der Waals surface area contributed by atoms with Gasteiger partial charge in [0.25, 0.3) is 0 Å². The van der Waals surface area contributed by atoms with Gasteiger partial charge in [0, 0.05) is 32.6 Å². The van der Waals surface area contributed by atoms with Crippen molar-refractivity contribution in [1.82, 2.24) is 5.32 Å². The van der Waals surface area contributed by atoms with Crippen molar-refractivity contribution in [2.24, 2.45) is 0 Å². The predicted molar refractivity (Wildman–Crippen MR) is 74.9 cm³/mol. The molecule has 1 unspecified atom stereocenters. The van der Waals surface area contributed by atoms with Gasteiger partial charge in [0.15, 0.2) is 0 Å². The molecule has 0 saturated carbocycles. The molecule has 0 aromatic heterocycles. The van der Waals surface area contributed by atoms with Crippen LogP contribution in [-0.4, -0.2) is 36.9 Å². The molecule has 1 aromatic rings. The van der Waals surface area contributed by atoms with E-state index in [0.717, 1.165) is 5.56 Å². The summed E-state index contributed by atoms with van der Waals surface area (Å²) >= 11 is 0. The van der Waals surface area contributed by atoms with Gasteiger partial charge >= 0.3 is 0 Å². The standard InChI is InChI=1S/C15H23NO3/c1-2-19-10-6-9-15(18)16-12-14(17)11-13-7-4-3-5-8-13/h3-5,7-8,14,17H,2,6,9-12H2,1H3,(H,16,18). The number of amides is 1. The van der Waals surface area contributed by atoms with E-state index in [4.69, 9.17) is 4.74 Å². The van der Waals surface area contributed by atoms with Crippen LogP contribution >= 0.6 is 0 Å². The zero-order valence-electron chi connectivity index (χ0n) is 11.5. The molecule has 0 saturated heterocycles. The molecule has 1 atom stereocenters. The van der Waals surface area contributed by atoms with Crippen molar-refractivity contribution in [2.45, 2.75) is 32.3 Å². The number of carbonyl (C=O) groups is 1. The normalized spacial score (nSPS) is 12.1. The molecule has 0 aliphatic carbocycles. The van der Waals surface area contributed by atoms with Crippen LogP contribution in [0.5, 0.6) is 0 Å². The Morgan fingerprint density at radius 3 is 2.79 bits per heavy atom. The second-order valence-corrected chi connectivity index (χ2v) is 4.45. The lowest BCUT2D eigenvalue weighted by molar-refractivity contribution is -0.121. The first-order valence-electron chi connectivity index (χ1n) is 6.78. The molecule has 4 nitrogen and oxygen atoms in total. The Balaban J connectivity index is 2.12. The highest BCUT2D eigenvalue weighted by molar-refractivity contribution is 5.75. The number of rotatable bonds is 9. The summed E-state index contributed by atoms with van der Waals surface area (Å²) in [6.07, 6.45) is 1.17. The molecule has 19 heavy (non-hydrogen) atoms. The van der Waals surface area contributed by atoms with Gasteiger partial charge in [0.05, 0.1) is 6.10 Å². The van der Waals surface area contributed by atoms with E-state index in [1.165, 1.54) is 0 Å². The summed E-state index contributed by atoms with van der Waals surface area (Å²) in [7, 11) is 0. The number of hydrogen-bond acceptors (Lipinski definition) is 3. The molecule has 0 bridgehead atoms. The zero-order chi connectivity index (χ0) is 13.9. The van der Waals surface area contributed by atoms with Crippen LogP contribution in [0.3, 0.4) is 0 Å². The Kier molecular flexibility index (Phi) is 7.86. The van der Waals surface area contributed by atoms with Gasteiger partial charge in [0.1, 0.15) is 0 Å². The number of hydrogen-bond donors (Lipinski definition) is 2. The minimum absolute atomic E-state index is 0.0354. The molecule has 0 heterocycles. The second kappa shape index (κ2) is 9.53. The van der Waals surface area contributed by atoms with Gasteiger partial charge in [-0.2, -0.15) is 0 Å². The topological polar surface area (TPSA) is 58.6 Å².